The van der Waals surface area contributed by atoms with Gasteiger partial charge < -0.3 is 0 Å². The molecule has 2 rings (SSSR count). The van der Waals surface area contributed by atoms with Crippen molar-refractivity contribution in [1.82, 2.24) is 0 Å². The lowest BCUT2D eigenvalue weighted by Gasteiger charge is -2.01. The quantitative estimate of drug-likeness (QED) is 0.642. The van der Waals surface area contributed by atoms with E-state index in [4.69, 9.17) is 23.2 Å². The van der Waals surface area contributed by atoms with Crippen molar-refractivity contribution in [3.63, 3.8) is 0 Å². The molecule has 0 N–H and O–H groups in total. The van der Waals surface area contributed by atoms with Crippen LogP contribution in [-0.4, -0.2) is 5.38 Å². The molecule has 1 aliphatic carbocycles. The van der Waals surface area contributed by atoms with Gasteiger partial charge in [0, 0.05) is 10.4 Å². The van der Waals surface area contributed by atoms with Crippen molar-refractivity contribution >= 4 is 23.2 Å². The van der Waals surface area contributed by atoms with Crippen molar-refractivity contribution in [2.24, 2.45) is 5.92 Å². The molecule has 2 heteroatoms. The minimum absolute atomic E-state index is 0.390. The molecule has 2 atom stereocenters. The van der Waals surface area contributed by atoms with Gasteiger partial charge in [-0.3, -0.25) is 0 Å². The molecule has 1 aliphatic rings. The summed E-state index contributed by atoms with van der Waals surface area (Å²) in [6.07, 6.45) is 2.18. The molecule has 12 heavy (non-hydrogen) atoms. The van der Waals surface area contributed by atoms with E-state index in [0.29, 0.717) is 11.3 Å². The van der Waals surface area contributed by atoms with Gasteiger partial charge in [-0.2, -0.15) is 0 Å². The third kappa shape index (κ3) is 1.75. The van der Waals surface area contributed by atoms with Gasteiger partial charge in [0.15, 0.2) is 0 Å². The summed E-state index contributed by atoms with van der Waals surface area (Å²) in [5.74, 6) is 0.659. The lowest BCUT2D eigenvalue weighted by Crippen LogP contribution is -1.89. The molecule has 0 amide bonds. The third-order valence-corrected chi connectivity index (χ3v) is 3.18. The van der Waals surface area contributed by atoms with Crippen LogP contribution in [0.4, 0.5) is 0 Å². The molecule has 0 radical (unpaired) electrons. The minimum atomic E-state index is 0.390. The van der Waals surface area contributed by atoms with Crippen LogP contribution >= 0.6 is 23.2 Å². The highest BCUT2D eigenvalue weighted by Gasteiger charge is 2.35. The number of alkyl halides is 1. The summed E-state index contributed by atoms with van der Waals surface area (Å²) in [5, 5.41) is 1.26. The average molecular weight is 201 g/mol. The molecule has 0 aliphatic heterocycles. The van der Waals surface area contributed by atoms with Crippen LogP contribution in [0.5, 0.6) is 0 Å². The summed E-state index contributed by atoms with van der Waals surface area (Å²) in [6, 6.07) is 7.98. The Bertz CT molecular complexity index is 283. The summed E-state index contributed by atoms with van der Waals surface area (Å²) in [4.78, 5) is 0. The summed E-state index contributed by atoms with van der Waals surface area (Å²) in [5.41, 5.74) is 1.23. The first-order valence-electron chi connectivity index (χ1n) is 4.15. The van der Waals surface area contributed by atoms with E-state index < -0.39 is 0 Å². The zero-order valence-corrected chi connectivity index (χ0v) is 8.15. The lowest BCUT2D eigenvalue weighted by molar-refractivity contribution is 0.834. The highest BCUT2D eigenvalue weighted by molar-refractivity contribution is 6.31. The first kappa shape index (κ1) is 8.40. The number of hydrogen-bond donors (Lipinski definition) is 0. The Hall–Kier alpha value is -0.200. The van der Waals surface area contributed by atoms with E-state index in [2.05, 4.69) is 6.07 Å². The van der Waals surface area contributed by atoms with Crippen LogP contribution in [0.1, 0.15) is 12.0 Å². The van der Waals surface area contributed by atoms with Crippen LogP contribution in [0.15, 0.2) is 24.3 Å². The Kier molecular flexibility index (Phi) is 2.29. The van der Waals surface area contributed by atoms with Crippen LogP contribution in [0.25, 0.3) is 0 Å². The normalized spacial score (nSPS) is 27.2. The molecule has 2 unspecified atom stereocenters. The van der Waals surface area contributed by atoms with Gasteiger partial charge in [-0.1, -0.05) is 29.8 Å². The highest BCUT2D eigenvalue weighted by Crippen LogP contribution is 2.39. The van der Waals surface area contributed by atoms with Crippen molar-refractivity contribution in [2.45, 2.75) is 18.2 Å². The Morgan fingerprint density at radius 2 is 2.00 bits per heavy atom. The van der Waals surface area contributed by atoms with Crippen molar-refractivity contribution in [3.05, 3.63) is 34.9 Å². The second-order valence-electron chi connectivity index (χ2n) is 3.31. The van der Waals surface area contributed by atoms with E-state index in [-0.39, 0.29) is 0 Å². The second kappa shape index (κ2) is 3.27. The van der Waals surface area contributed by atoms with Gasteiger partial charge in [0.2, 0.25) is 0 Å². The molecule has 0 nitrogen and oxygen atoms in total. The van der Waals surface area contributed by atoms with E-state index >= 15 is 0 Å². The molecular weight excluding hydrogens is 191 g/mol. The smallest absolute Gasteiger partial charge is 0.0438 e. The fourth-order valence-electron chi connectivity index (χ4n) is 1.37. The van der Waals surface area contributed by atoms with E-state index in [1.807, 2.05) is 18.2 Å². The van der Waals surface area contributed by atoms with Crippen LogP contribution in [0.3, 0.4) is 0 Å². The predicted molar refractivity (Wildman–Crippen MR) is 52.9 cm³/mol. The molecule has 0 spiro atoms. The van der Waals surface area contributed by atoms with Crippen molar-refractivity contribution < 1.29 is 0 Å². The van der Waals surface area contributed by atoms with E-state index in [1.165, 1.54) is 5.56 Å². The summed E-state index contributed by atoms with van der Waals surface area (Å²) < 4.78 is 0. The van der Waals surface area contributed by atoms with Crippen LogP contribution < -0.4 is 0 Å². The number of rotatable bonds is 2. The Balaban J connectivity index is 2.08. The minimum Gasteiger partial charge on any atom is -0.123 e. The maximum absolute atomic E-state index is 6.00. The van der Waals surface area contributed by atoms with Gasteiger partial charge in [0.1, 0.15) is 0 Å². The second-order valence-corrected chi connectivity index (χ2v) is 4.28. The van der Waals surface area contributed by atoms with Crippen LogP contribution in [-0.2, 0) is 6.42 Å². The SMILES string of the molecule is Clc1ccccc1CC1CC1Cl. The molecule has 1 aromatic rings. The standard InChI is InChI=1S/C10H10Cl2/c11-9-4-2-1-3-7(9)5-8-6-10(8)12/h1-4,8,10H,5-6H2. The first-order valence-corrected chi connectivity index (χ1v) is 4.96. The molecule has 0 bridgehead atoms. The van der Waals surface area contributed by atoms with Crippen molar-refractivity contribution in [3.8, 4) is 0 Å². The third-order valence-electron chi connectivity index (χ3n) is 2.28. The van der Waals surface area contributed by atoms with Gasteiger partial charge in [-0.25, -0.2) is 0 Å². The Morgan fingerprint density at radius 3 is 2.58 bits per heavy atom. The van der Waals surface area contributed by atoms with Crippen LogP contribution in [0.2, 0.25) is 5.02 Å². The summed E-state index contributed by atoms with van der Waals surface area (Å²) in [7, 11) is 0. The zero-order chi connectivity index (χ0) is 8.55. The Morgan fingerprint density at radius 1 is 1.33 bits per heavy atom. The predicted octanol–water partition coefficient (Wildman–Crippen LogP) is 3.51. The molecule has 1 fully saturated rings. The lowest BCUT2D eigenvalue weighted by atomic mass is 10.1. The molecule has 1 aromatic carbocycles. The average Bonchev–Trinajstić information content (AvgIpc) is 2.72. The van der Waals surface area contributed by atoms with Gasteiger partial charge in [0.25, 0.3) is 0 Å². The summed E-state index contributed by atoms with van der Waals surface area (Å²) >= 11 is 11.9. The van der Waals surface area contributed by atoms with Crippen molar-refractivity contribution in [2.75, 3.05) is 0 Å². The van der Waals surface area contributed by atoms with Gasteiger partial charge in [0.05, 0.1) is 0 Å². The van der Waals surface area contributed by atoms with E-state index in [0.717, 1.165) is 17.9 Å². The first-order chi connectivity index (χ1) is 5.77. The maximum Gasteiger partial charge on any atom is 0.0438 e. The number of benzene rings is 1. The fourth-order valence-corrected chi connectivity index (χ4v) is 1.90. The van der Waals surface area contributed by atoms with Crippen LogP contribution in [0, 0.1) is 5.92 Å². The van der Waals surface area contributed by atoms with Gasteiger partial charge in [-0.05, 0) is 30.4 Å². The van der Waals surface area contributed by atoms with E-state index in [1.54, 1.807) is 0 Å². The maximum atomic E-state index is 6.00. The topological polar surface area (TPSA) is 0 Å². The number of halogens is 2. The fraction of sp³-hybridized carbons (Fsp3) is 0.400. The zero-order valence-electron chi connectivity index (χ0n) is 6.63. The Labute approximate surface area is 82.5 Å². The monoisotopic (exact) mass is 200 g/mol. The molecule has 1 saturated carbocycles. The largest absolute Gasteiger partial charge is 0.123 e. The summed E-state index contributed by atoms with van der Waals surface area (Å²) in [6.45, 7) is 0. The van der Waals surface area contributed by atoms with Gasteiger partial charge in [-0.15, -0.1) is 11.6 Å². The van der Waals surface area contributed by atoms with Crippen molar-refractivity contribution in [1.29, 1.82) is 0 Å². The molecular formula is C10H10Cl2. The van der Waals surface area contributed by atoms with E-state index in [9.17, 15) is 0 Å². The molecule has 0 aromatic heterocycles. The highest BCUT2D eigenvalue weighted by atomic mass is 35.5. The number of hydrogen-bond acceptors (Lipinski definition) is 0. The molecule has 0 saturated heterocycles. The molecule has 0 heterocycles. The molecule has 64 valence electrons. The van der Waals surface area contributed by atoms with Gasteiger partial charge >= 0.3 is 0 Å².